The van der Waals surface area contributed by atoms with E-state index in [2.05, 4.69) is 20.0 Å². The van der Waals surface area contributed by atoms with E-state index in [1.807, 2.05) is 13.0 Å². The lowest BCUT2D eigenvalue weighted by atomic mass is 10.2. The van der Waals surface area contributed by atoms with Crippen LogP contribution in [-0.4, -0.2) is 25.5 Å². The van der Waals surface area contributed by atoms with Crippen molar-refractivity contribution in [2.24, 2.45) is 0 Å². The van der Waals surface area contributed by atoms with Gasteiger partial charge in [0.2, 0.25) is 0 Å². The summed E-state index contributed by atoms with van der Waals surface area (Å²) in [7, 11) is -2.43. The molecule has 4 rings (SSSR count). The molecule has 0 aliphatic heterocycles. The van der Waals surface area contributed by atoms with Gasteiger partial charge in [-0.25, -0.2) is 18.4 Å². The van der Waals surface area contributed by atoms with Gasteiger partial charge in [0.25, 0.3) is 10.0 Å². The van der Waals surface area contributed by atoms with Crippen LogP contribution in [0.4, 0.5) is 17.3 Å². The van der Waals surface area contributed by atoms with Gasteiger partial charge in [0.05, 0.1) is 28.7 Å². The smallest absolute Gasteiger partial charge is 0.263 e. The van der Waals surface area contributed by atoms with Crippen molar-refractivity contribution in [3.63, 3.8) is 0 Å². The summed E-state index contributed by atoms with van der Waals surface area (Å²) in [6.45, 7) is 1.85. The second kappa shape index (κ2) is 8.82. The van der Waals surface area contributed by atoms with Crippen molar-refractivity contribution in [1.82, 2.24) is 9.97 Å². The second-order valence-corrected chi connectivity index (χ2v) is 9.42. The van der Waals surface area contributed by atoms with E-state index in [0.717, 1.165) is 5.56 Å². The largest absolute Gasteiger partial charge is 0.495 e. The third kappa shape index (κ3) is 4.57. The lowest BCUT2D eigenvalue weighted by Crippen LogP contribution is -2.16. The Labute approximate surface area is 195 Å². The van der Waals surface area contributed by atoms with Gasteiger partial charge < -0.3 is 10.1 Å². The fourth-order valence-corrected chi connectivity index (χ4v) is 4.30. The molecule has 164 valence electrons. The van der Waals surface area contributed by atoms with Crippen LogP contribution >= 0.6 is 23.2 Å². The summed E-state index contributed by atoms with van der Waals surface area (Å²) >= 11 is 12.1. The summed E-state index contributed by atoms with van der Waals surface area (Å²) in [4.78, 5) is 9.11. The Morgan fingerprint density at radius 1 is 0.906 bits per heavy atom. The molecule has 0 amide bonds. The van der Waals surface area contributed by atoms with Crippen LogP contribution < -0.4 is 14.8 Å². The Balaban J connectivity index is 1.81. The van der Waals surface area contributed by atoms with Crippen LogP contribution in [0.3, 0.4) is 0 Å². The molecule has 7 nitrogen and oxygen atoms in total. The summed E-state index contributed by atoms with van der Waals surface area (Å²) in [6.07, 6.45) is 0. The molecule has 0 saturated carbocycles. The topological polar surface area (TPSA) is 93.2 Å². The molecule has 0 radical (unpaired) electrons. The third-order valence-electron chi connectivity index (χ3n) is 4.66. The summed E-state index contributed by atoms with van der Waals surface area (Å²) in [5.41, 5.74) is 2.50. The molecule has 0 spiro atoms. The summed E-state index contributed by atoms with van der Waals surface area (Å²) in [5.74, 6) is 0.719. The van der Waals surface area contributed by atoms with E-state index >= 15 is 0 Å². The number of sulfonamides is 1. The fourth-order valence-electron chi connectivity index (χ4n) is 3.02. The van der Waals surface area contributed by atoms with E-state index in [0.29, 0.717) is 32.5 Å². The number of anilines is 3. The van der Waals surface area contributed by atoms with Crippen molar-refractivity contribution < 1.29 is 13.2 Å². The highest BCUT2D eigenvalue weighted by molar-refractivity contribution is 7.92. The predicted octanol–water partition coefficient (Wildman–Crippen LogP) is 5.80. The summed E-state index contributed by atoms with van der Waals surface area (Å²) in [6, 6.07) is 16.5. The molecule has 4 aromatic rings. The van der Waals surface area contributed by atoms with Gasteiger partial charge in [-0.2, -0.15) is 0 Å². The quantitative estimate of drug-likeness (QED) is 0.356. The zero-order valence-electron chi connectivity index (χ0n) is 17.1. The van der Waals surface area contributed by atoms with E-state index in [1.165, 1.54) is 31.4 Å². The van der Waals surface area contributed by atoms with Crippen molar-refractivity contribution in [2.45, 2.75) is 11.8 Å². The van der Waals surface area contributed by atoms with E-state index < -0.39 is 10.0 Å². The number of aryl methyl sites for hydroxylation is 1. The van der Waals surface area contributed by atoms with Crippen molar-refractivity contribution >= 4 is 61.6 Å². The highest BCUT2D eigenvalue weighted by Crippen LogP contribution is 2.35. The normalized spacial score (nSPS) is 11.4. The Morgan fingerprint density at radius 2 is 1.53 bits per heavy atom. The Hall–Kier alpha value is -3.07. The van der Waals surface area contributed by atoms with Crippen molar-refractivity contribution in [2.75, 3.05) is 17.1 Å². The average Bonchev–Trinajstić information content (AvgIpc) is 2.76. The number of ether oxygens (including phenoxy) is 1. The number of hydrogen-bond acceptors (Lipinski definition) is 6. The molecule has 0 atom stereocenters. The zero-order valence-corrected chi connectivity index (χ0v) is 19.4. The molecule has 0 fully saturated rings. The summed E-state index contributed by atoms with van der Waals surface area (Å²) in [5, 5.41) is 4.10. The number of fused-ring (bicyclic) bond motifs is 1. The molecule has 0 aliphatic rings. The maximum atomic E-state index is 13.0. The van der Waals surface area contributed by atoms with Gasteiger partial charge >= 0.3 is 0 Å². The van der Waals surface area contributed by atoms with Gasteiger partial charge in [-0.1, -0.05) is 35.3 Å². The first kappa shape index (κ1) is 22.1. The highest BCUT2D eigenvalue weighted by Gasteiger charge is 2.20. The van der Waals surface area contributed by atoms with E-state index in [9.17, 15) is 8.42 Å². The fraction of sp³-hybridized carbons (Fsp3) is 0.0909. The van der Waals surface area contributed by atoms with Crippen molar-refractivity contribution in [3.05, 3.63) is 76.3 Å². The van der Waals surface area contributed by atoms with Crippen LogP contribution in [0, 0.1) is 6.92 Å². The molecule has 10 heteroatoms. The Bertz CT molecular complexity index is 1410. The second-order valence-electron chi connectivity index (χ2n) is 6.90. The highest BCUT2D eigenvalue weighted by atomic mass is 35.5. The summed E-state index contributed by atoms with van der Waals surface area (Å²) < 4.78 is 33.9. The first-order valence-corrected chi connectivity index (χ1v) is 11.7. The standard InChI is InChI=1S/C22H18Cl2N4O3S/c1-13-11-19(20(31-2)12-16(13)24)27-21-22(26-18-6-4-3-5-17(18)25-21)28-32(29,30)15-9-7-14(23)8-10-15/h3-12H,1-2H3,(H,25,27)(H,26,28). The molecular weight excluding hydrogens is 471 g/mol. The van der Waals surface area contributed by atoms with Crippen LogP contribution in [0.2, 0.25) is 10.0 Å². The van der Waals surface area contributed by atoms with Crippen molar-refractivity contribution in [3.8, 4) is 5.75 Å². The molecule has 0 unspecified atom stereocenters. The number of hydrogen-bond donors (Lipinski definition) is 2. The SMILES string of the molecule is COc1cc(Cl)c(C)cc1Nc1nc2ccccc2nc1NS(=O)(=O)c1ccc(Cl)cc1. The molecule has 0 aliphatic carbocycles. The van der Waals surface area contributed by atoms with Gasteiger partial charge in [-0.15, -0.1) is 0 Å². The van der Waals surface area contributed by atoms with Gasteiger partial charge in [-0.05, 0) is 55.0 Å². The molecule has 2 N–H and O–H groups in total. The van der Waals surface area contributed by atoms with Crippen molar-refractivity contribution in [1.29, 1.82) is 0 Å². The van der Waals surface area contributed by atoms with E-state index in [1.54, 1.807) is 30.3 Å². The van der Waals surface area contributed by atoms with Crippen LogP contribution in [0.1, 0.15) is 5.56 Å². The monoisotopic (exact) mass is 488 g/mol. The Kier molecular flexibility index (Phi) is 6.10. The molecule has 1 aromatic heterocycles. The first-order chi connectivity index (χ1) is 15.3. The number of rotatable bonds is 6. The minimum atomic E-state index is -3.95. The lowest BCUT2D eigenvalue weighted by molar-refractivity contribution is 0.416. The number of para-hydroxylation sites is 2. The maximum Gasteiger partial charge on any atom is 0.263 e. The molecule has 1 heterocycles. The number of nitrogens with zero attached hydrogens (tertiary/aromatic N) is 2. The zero-order chi connectivity index (χ0) is 22.9. The lowest BCUT2D eigenvalue weighted by Gasteiger charge is -2.16. The number of methoxy groups -OCH3 is 1. The third-order valence-corrected chi connectivity index (χ3v) is 6.67. The van der Waals surface area contributed by atoms with E-state index in [4.69, 9.17) is 27.9 Å². The average molecular weight is 489 g/mol. The van der Waals surface area contributed by atoms with Gasteiger partial charge in [-0.3, -0.25) is 4.72 Å². The minimum absolute atomic E-state index is 0.0355. The van der Waals surface area contributed by atoms with Crippen LogP contribution in [0.5, 0.6) is 5.75 Å². The molecule has 32 heavy (non-hydrogen) atoms. The van der Waals surface area contributed by atoms with Crippen LogP contribution in [-0.2, 0) is 10.0 Å². The van der Waals surface area contributed by atoms with Crippen LogP contribution in [0.15, 0.2) is 65.6 Å². The van der Waals surface area contributed by atoms with Gasteiger partial charge in [0.1, 0.15) is 5.75 Å². The number of aromatic nitrogens is 2. The Morgan fingerprint density at radius 3 is 2.16 bits per heavy atom. The minimum Gasteiger partial charge on any atom is -0.495 e. The van der Waals surface area contributed by atoms with E-state index in [-0.39, 0.29) is 16.5 Å². The number of benzene rings is 3. The first-order valence-electron chi connectivity index (χ1n) is 9.43. The maximum absolute atomic E-state index is 13.0. The molecule has 0 saturated heterocycles. The van der Waals surface area contributed by atoms with Gasteiger partial charge in [0, 0.05) is 16.1 Å². The van der Waals surface area contributed by atoms with Crippen LogP contribution in [0.25, 0.3) is 11.0 Å². The van der Waals surface area contributed by atoms with Gasteiger partial charge in [0.15, 0.2) is 11.6 Å². The molecule has 3 aromatic carbocycles. The number of nitrogens with one attached hydrogen (secondary N) is 2. The molecule has 0 bridgehead atoms. The number of halogens is 2. The molecular formula is C22H18Cl2N4O3S. The predicted molar refractivity (Wildman–Crippen MR) is 128 cm³/mol.